The van der Waals surface area contributed by atoms with Crippen LogP contribution in [0, 0.1) is 6.57 Å². The second kappa shape index (κ2) is 2.28. The summed E-state index contributed by atoms with van der Waals surface area (Å²) in [6, 6.07) is 4.82. The van der Waals surface area contributed by atoms with Crippen LogP contribution in [-0.2, 0) is 0 Å². The van der Waals surface area contributed by atoms with Crippen molar-refractivity contribution in [1.82, 2.24) is 0 Å². The molecular formula is C7H7N3. The van der Waals surface area contributed by atoms with Crippen LogP contribution in [0.3, 0.4) is 0 Å². The fourth-order valence-electron chi connectivity index (χ4n) is 0.632. The van der Waals surface area contributed by atoms with Crippen LogP contribution in [0.2, 0.25) is 0 Å². The summed E-state index contributed by atoms with van der Waals surface area (Å²) in [5, 5.41) is 0. The molecular weight excluding hydrogens is 126 g/mol. The maximum Gasteiger partial charge on any atom is 0.189 e. The minimum absolute atomic E-state index is 0.466. The molecule has 1 aromatic carbocycles. The zero-order chi connectivity index (χ0) is 7.56. The molecule has 1 aromatic rings. The number of nitrogens with two attached hydrogens (primary N) is 2. The van der Waals surface area contributed by atoms with Crippen molar-refractivity contribution in [3.63, 3.8) is 0 Å². The van der Waals surface area contributed by atoms with E-state index in [0.717, 1.165) is 0 Å². The molecule has 0 saturated heterocycles. The molecule has 4 N–H and O–H groups in total. The molecule has 0 spiro atoms. The minimum Gasteiger partial charge on any atom is -0.398 e. The predicted octanol–water partition coefficient (Wildman–Crippen LogP) is 1.40. The molecule has 0 aliphatic heterocycles. The van der Waals surface area contributed by atoms with Crippen molar-refractivity contribution in [3.8, 4) is 0 Å². The van der Waals surface area contributed by atoms with Gasteiger partial charge in [0, 0.05) is 5.69 Å². The third-order valence-corrected chi connectivity index (χ3v) is 1.20. The van der Waals surface area contributed by atoms with Crippen LogP contribution in [0.25, 0.3) is 4.85 Å². The summed E-state index contributed by atoms with van der Waals surface area (Å²) in [4.78, 5) is 3.19. The van der Waals surface area contributed by atoms with Crippen molar-refractivity contribution in [2.24, 2.45) is 0 Å². The number of rotatable bonds is 0. The van der Waals surface area contributed by atoms with Gasteiger partial charge in [-0.15, -0.1) is 0 Å². The molecule has 0 atom stereocenters. The first kappa shape index (κ1) is 6.43. The quantitative estimate of drug-likeness (QED) is 0.415. The Kier molecular flexibility index (Phi) is 1.46. The van der Waals surface area contributed by atoms with E-state index in [0.29, 0.717) is 17.1 Å². The monoisotopic (exact) mass is 133 g/mol. The highest BCUT2D eigenvalue weighted by atomic mass is 14.7. The van der Waals surface area contributed by atoms with Gasteiger partial charge < -0.3 is 11.5 Å². The molecule has 0 aromatic heterocycles. The Balaban J connectivity index is 3.20. The van der Waals surface area contributed by atoms with Gasteiger partial charge in [-0.05, 0) is 12.1 Å². The first-order valence-corrected chi connectivity index (χ1v) is 2.76. The predicted molar refractivity (Wildman–Crippen MR) is 41.5 cm³/mol. The SMILES string of the molecule is [C-]#[N+]c1ccc(N)c(N)c1. The van der Waals surface area contributed by atoms with Crippen LogP contribution < -0.4 is 11.5 Å². The fourth-order valence-corrected chi connectivity index (χ4v) is 0.632. The highest BCUT2D eigenvalue weighted by Crippen LogP contribution is 2.21. The van der Waals surface area contributed by atoms with Gasteiger partial charge >= 0.3 is 0 Å². The molecule has 10 heavy (non-hydrogen) atoms. The lowest BCUT2D eigenvalue weighted by Crippen LogP contribution is -1.92. The van der Waals surface area contributed by atoms with E-state index < -0.39 is 0 Å². The third kappa shape index (κ3) is 1.00. The molecule has 0 amide bonds. The molecule has 0 saturated carbocycles. The molecule has 0 unspecified atom stereocenters. The average Bonchev–Trinajstić information content (AvgIpc) is 1.95. The Bertz CT molecular complexity index is 285. The van der Waals surface area contributed by atoms with Crippen LogP contribution in [-0.4, -0.2) is 0 Å². The maximum absolute atomic E-state index is 6.64. The zero-order valence-corrected chi connectivity index (χ0v) is 5.33. The lowest BCUT2D eigenvalue weighted by atomic mass is 10.2. The Morgan fingerprint density at radius 2 is 1.90 bits per heavy atom. The smallest absolute Gasteiger partial charge is 0.189 e. The zero-order valence-electron chi connectivity index (χ0n) is 5.33. The molecule has 0 aliphatic rings. The summed E-state index contributed by atoms with van der Waals surface area (Å²) in [5.74, 6) is 0. The van der Waals surface area contributed by atoms with Crippen LogP contribution in [0.4, 0.5) is 17.1 Å². The van der Waals surface area contributed by atoms with Gasteiger partial charge in [0.1, 0.15) is 0 Å². The van der Waals surface area contributed by atoms with Crippen molar-refractivity contribution >= 4 is 17.1 Å². The van der Waals surface area contributed by atoms with Crippen molar-refractivity contribution in [2.45, 2.75) is 0 Å². The molecule has 3 nitrogen and oxygen atoms in total. The summed E-state index contributed by atoms with van der Waals surface area (Å²) in [6.07, 6.45) is 0. The summed E-state index contributed by atoms with van der Waals surface area (Å²) < 4.78 is 0. The standard InChI is InChI=1S/C7H7N3/c1-10-5-2-3-6(8)7(9)4-5/h2-4H,8-9H2. The van der Waals surface area contributed by atoms with E-state index in [2.05, 4.69) is 4.85 Å². The Morgan fingerprint density at radius 3 is 2.40 bits per heavy atom. The number of hydrogen-bond acceptors (Lipinski definition) is 2. The lowest BCUT2D eigenvalue weighted by Gasteiger charge is -1.97. The highest BCUT2D eigenvalue weighted by molar-refractivity contribution is 5.69. The first-order chi connectivity index (χ1) is 4.74. The van der Waals surface area contributed by atoms with Gasteiger partial charge in [-0.3, -0.25) is 0 Å². The van der Waals surface area contributed by atoms with Crippen molar-refractivity contribution < 1.29 is 0 Å². The summed E-state index contributed by atoms with van der Waals surface area (Å²) >= 11 is 0. The normalized spacial score (nSPS) is 8.70. The van der Waals surface area contributed by atoms with E-state index in [9.17, 15) is 0 Å². The summed E-state index contributed by atoms with van der Waals surface area (Å²) in [5.41, 5.74) is 12.4. The number of benzene rings is 1. The van der Waals surface area contributed by atoms with E-state index >= 15 is 0 Å². The molecule has 3 heteroatoms. The number of nitrogen functional groups attached to an aromatic ring is 2. The van der Waals surface area contributed by atoms with Crippen LogP contribution in [0.15, 0.2) is 18.2 Å². The molecule has 0 heterocycles. The van der Waals surface area contributed by atoms with Gasteiger partial charge in [0.2, 0.25) is 0 Å². The second-order valence-electron chi connectivity index (χ2n) is 1.93. The van der Waals surface area contributed by atoms with Gasteiger partial charge in [0.15, 0.2) is 5.69 Å². The minimum atomic E-state index is 0.466. The van der Waals surface area contributed by atoms with Crippen molar-refractivity contribution in [2.75, 3.05) is 11.5 Å². The van der Waals surface area contributed by atoms with Crippen LogP contribution in [0.5, 0.6) is 0 Å². The Hall–Kier alpha value is -1.69. The Morgan fingerprint density at radius 1 is 1.20 bits per heavy atom. The molecule has 0 radical (unpaired) electrons. The van der Waals surface area contributed by atoms with Gasteiger partial charge in [-0.1, -0.05) is 6.07 Å². The van der Waals surface area contributed by atoms with E-state index in [1.807, 2.05) is 0 Å². The largest absolute Gasteiger partial charge is 0.398 e. The van der Waals surface area contributed by atoms with E-state index in [1.165, 1.54) is 0 Å². The summed E-state index contributed by atoms with van der Waals surface area (Å²) in [6.45, 7) is 6.64. The van der Waals surface area contributed by atoms with Gasteiger partial charge in [-0.25, -0.2) is 4.85 Å². The first-order valence-electron chi connectivity index (χ1n) is 2.76. The highest BCUT2D eigenvalue weighted by Gasteiger charge is 1.94. The topological polar surface area (TPSA) is 56.4 Å². The number of nitrogens with zero attached hydrogens (tertiary/aromatic N) is 1. The lowest BCUT2D eigenvalue weighted by molar-refractivity contribution is 1.67. The third-order valence-electron chi connectivity index (χ3n) is 1.20. The van der Waals surface area contributed by atoms with E-state index in [4.69, 9.17) is 18.0 Å². The number of anilines is 2. The Labute approximate surface area is 59.1 Å². The van der Waals surface area contributed by atoms with E-state index in [-0.39, 0.29) is 0 Å². The van der Waals surface area contributed by atoms with Crippen molar-refractivity contribution in [3.05, 3.63) is 29.6 Å². The maximum atomic E-state index is 6.64. The molecule has 0 fully saturated rings. The molecule has 1 rings (SSSR count). The van der Waals surface area contributed by atoms with Crippen molar-refractivity contribution in [1.29, 1.82) is 0 Å². The molecule has 0 aliphatic carbocycles. The summed E-state index contributed by atoms with van der Waals surface area (Å²) in [7, 11) is 0. The molecule has 0 bridgehead atoms. The van der Waals surface area contributed by atoms with Gasteiger partial charge in [0.05, 0.1) is 12.3 Å². The van der Waals surface area contributed by atoms with Crippen LogP contribution >= 0.6 is 0 Å². The van der Waals surface area contributed by atoms with Gasteiger partial charge in [0.25, 0.3) is 0 Å². The molecule has 50 valence electrons. The fraction of sp³-hybridized carbons (Fsp3) is 0. The van der Waals surface area contributed by atoms with Gasteiger partial charge in [-0.2, -0.15) is 0 Å². The van der Waals surface area contributed by atoms with E-state index in [1.54, 1.807) is 18.2 Å². The number of hydrogen-bond donors (Lipinski definition) is 2. The second-order valence-corrected chi connectivity index (χ2v) is 1.93. The van der Waals surface area contributed by atoms with Crippen LogP contribution in [0.1, 0.15) is 0 Å². The average molecular weight is 133 g/mol.